The Bertz CT molecular complexity index is 1130. The van der Waals surface area contributed by atoms with Crippen molar-refractivity contribution in [1.82, 2.24) is 29.7 Å². The number of aliphatic hydroxyl groups is 1. The summed E-state index contributed by atoms with van der Waals surface area (Å²) in [7, 11) is 2.17. The number of pyridine rings is 2. The van der Waals surface area contributed by atoms with E-state index in [9.17, 15) is 5.11 Å². The van der Waals surface area contributed by atoms with Crippen LogP contribution >= 0.6 is 0 Å². The minimum atomic E-state index is -0.644. The van der Waals surface area contributed by atoms with Gasteiger partial charge in [-0.3, -0.25) is 4.90 Å². The second-order valence-corrected chi connectivity index (χ2v) is 9.77. The Balaban J connectivity index is 1.35. The van der Waals surface area contributed by atoms with Gasteiger partial charge in [-0.25, -0.2) is 19.9 Å². The van der Waals surface area contributed by atoms with Crippen molar-refractivity contribution in [3.05, 3.63) is 41.9 Å². The molecular weight excluding hydrogens is 428 g/mol. The summed E-state index contributed by atoms with van der Waals surface area (Å²) in [6.45, 7) is 11.2. The molecule has 0 aliphatic carbocycles. The van der Waals surface area contributed by atoms with Crippen molar-refractivity contribution in [1.29, 1.82) is 0 Å². The highest BCUT2D eigenvalue weighted by Gasteiger charge is 2.24. The number of nitrogens with one attached hydrogen (secondary N) is 1. The third-order valence-corrected chi connectivity index (χ3v) is 6.79. The smallest absolute Gasteiger partial charge is 0.229 e. The van der Waals surface area contributed by atoms with Gasteiger partial charge in [0.2, 0.25) is 5.95 Å². The third kappa shape index (κ3) is 5.11. The van der Waals surface area contributed by atoms with Gasteiger partial charge < -0.3 is 20.2 Å². The van der Waals surface area contributed by atoms with Gasteiger partial charge in [-0.2, -0.15) is 0 Å². The average molecular weight is 463 g/mol. The highest BCUT2D eigenvalue weighted by atomic mass is 16.3. The van der Waals surface area contributed by atoms with E-state index >= 15 is 0 Å². The number of piperazine rings is 1. The van der Waals surface area contributed by atoms with Gasteiger partial charge in [-0.05, 0) is 44.0 Å². The fourth-order valence-corrected chi connectivity index (χ4v) is 4.64. The maximum atomic E-state index is 10.1. The van der Waals surface area contributed by atoms with Crippen LogP contribution in [0.25, 0.3) is 10.9 Å². The first-order chi connectivity index (χ1) is 16.4. The molecule has 2 saturated heterocycles. The molecule has 2 fully saturated rings. The van der Waals surface area contributed by atoms with Crippen molar-refractivity contribution in [2.75, 3.05) is 56.5 Å². The molecule has 34 heavy (non-hydrogen) atoms. The van der Waals surface area contributed by atoms with E-state index in [1.54, 1.807) is 13.1 Å². The molecule has 0 saturated carbocycles. The SMILES string of the molecule is CC(O)c1cc2cnc(Nc3ccc(CN4CCN(C)CC4)cn3)nc2c(N2CC[C@H](C)C2)n1. The molecule has 0 spiro atoms. The first-order valence-electron chi connectivity index (χ1n) is 12.2. The maximum absolute atomic E-state index is 10.1. The molecular formula is C25H34N8O. The van der Waals surface area contributed by atoms with Crippen LogP contribution in [0.2, 0.25) is 0 Å². The summed E-state index contributed by atoms with van der Waals surface area (Å²) in [5.74, 6) is 2.64. The topological polar surface area (TPSA) is 93.5 Å². The van der Waals surface area contributed by atoms with Crippen molar-refractivity contribution in [2.24, 2.45) is 5.92 Å². The molecule has 1 unspecified atom stereocenters. The summed E-state index contributed by atoms with van der Waals surface area (Å²) in [6, 6.07) is 5.97. The first kappa shape index (κ1) is 22.9. The summed E-state index contributed by atoms with van der Waals surface area (Å²) in [5.41, 5.74) is 2.64. The summed E-state index contributed by atoms with van der Waals surface area (Å²) >= 11 is 0. The summed E-state index contributed by atoms with van der Waals surface area (Å²) < 4.78 is 0. The van der Waals surface area contributed by atoms with E-state index in [4.69, 9.17) is 9.97 Å². The predicted octanol–water partition coefficient (Wildman–Crippen LogP) is 2.81. The fraction of sp³-hybridized carbons (Fsp3) is 0.520. The molecule has 0 bridgehead atoms. The molecule has 180 valence electrons. The minimum absolute atomic E-state index is 0.493. The van der Waals surface area contributed by atoms with Crippen LogP contribution in [0, 0.1) is 5.92 Å². The zero-order valence-electron chi connectivity index (χ0n) is 20.3. The van der Waals surface area contributed by atoms with Gasteiger partial charge in [-0.1, -0.05) is 13.0 Å². The molecule has 0 aromatic carbocycles. The predicted molar refractivity (Wildman–Crippen MR) is 134 cm³/mol. The standard InChI is InChI=1S/C25H34N8O/c1-17-6-7-33(15-17)24-23-20(12-21(28-24)18(2)34)14-27-25(30-23)29-22-5-4-19(13-26-22)16-32-10-8-31(3)9-11-32/h4-5,12-14,17-18,34H,6-11,15-16H2,1-3H3,(H,26,27,29,30)/t17-,18?/m0/s1. The number of nitrogens with zero attached hydrogens (tertiary/aromatic N) is 7. The molecule has 5 rings (SSSR count). The van der Waals surface area contributed by atoms with Gasteiger partial charge in [-0.15, -0.1) is 0 Å². The minimum Gasteiger partial charge on any atom is -0.387 e. The second-order valence-electron chi connectivity index (χ2n) is 9.77. The molecule has 3 aromatic rings. The van der Waals surface area contributed by atoms with E-state index in [0.717, 1.165) is 69.0 Å². The lowest BCUT2D eigenvalue weighted by Gasteiger charge is -2.32. The lowest BCUT2D eigenvalue weighted by Crippen LogP contribution is -2.43. The number of aromatic nitrogens is 4. The molecule has 9 nitrogen and oxygen atoms in total. The van der Waals surface area contributed by atoms with Gasteiger partial charge in [0.05, 0.1) is 11.8 Å². The lowest BCUT2D eigenvalue weighted by atomic mass is 10.2. The largest absolute Gasteiger partial charge is 0.387 e. The maximum Gasteiger partial charge on any atom is 0.229 e. The molecule has 2 atom stereocenters. The third-order valence-electron chi connectivity index (χ3n) is 6.79. The van der Waals surface area contributed by atoms with E-state index < -0.39 is 6.10 Å². The highest BCUT2D eigenvalue weighted by molar-refractivity contribution is 5.89. The number of hydrogen-bond acceptors (Lipinski definition) is 9. The number of anilines is 3. The van der Waals surface area contributed by atoms with Crippen LogP contribution in [0.5, 0.6) is 0 Å². The Kier molecular flexibility index (Phi) is 6.58. The van der Waals surface area contributed by atoms with Crippen LogP contribution < -0.4 is 10.2 Å². The number of aliphatic hydroxyl groups excluding tert-OH is 1. The van der Waals surface area contributed by atoms with Crippen molar-refractivity contribution in [2.45, 2.75) is 32.9 Å². The number of likely N-dealkylation sites (N-methyl/N-ethyl adjacent to an activating group) is 1. The van der Waals surface area contributed by atoms with Crippen LogP contribution in [0.3, 0.4) is 0 Å². The van der Waals surface area contributed by atoms with Gasteiger partial charge in [0.1, 0.15) is 11.3 Å². The van der Waals surface area contributed by atoms with E-state index in [0.29, 0.717) is 23.4 Å². The Morgan fingerprint density at radius 1 is 1.09 bits per heavy atom. The van der Waals surface area contributed by atoms with Crippen LogP contribution in [0.4, 0.5) is 17.6 Å². The van der Waals surface area contributed by atoms with E-state index in [2.05, 4.69) is 50.0 Å². The van der Waals surface area contributed by atoms with Gasteiger partial charge >= 0.3 is 0 Å². The van der Waals surface area contributed by atoms with Crippen LogP contribution in [0.1, 0.15) is 37.6 Å². The molecule has 0 amide bonds. The van der Waals surface area contributed by atoms with Crippen molar-refractivity contribution >= 4 is 28.5 Å². The van der Waals surface area contributed by atoms with Gasteiger partial charge in [0.15, 0.2) is 5.82 Å². The van der Waals surface area contributed by atoms with Crippen LogP contribution in [-0.2, 0) is 6.54 Å². The normalized spacial score (nSPS) is 20.7. The quantitative estimate of drug-likeness (QED) is 0.573. The van der Waals surface area contributed by atoms with Crippen LogP contribution in [-0.4, -0.2) is 81.2 Å². The van der Waals surface area contributed by atoms with E-state index in [1.807, 2.05) is 18.3 Å². The van der Waals surface area contributed by atoms with Gasteiger partial charge in [0.25, 0.3) is 0 Å². The molecule has 5 heterocycles. The summed E-state index contributed by atoms with van der Waals surface area (Å²) in [5, 5.41) is 14.3. The van der Waals surface area contributed by atoms with Crippen LogP contribution in [0.15, 0.2) is 30.6 Å². The molecule has 2 aliphatic heterocycles. The molecule has 2 N–H and O–H groups in total. The Hall–Kier alpha value is -2.88. The van der Waals surface area contributed by atoms with Gasteiger partial charge in [0, 0.05) is 63.6 Å². The Morgan fingerprint density at radius 2 is 1.91 bits per heavy atom. The zero-order chi connectivity index (χ0) is 23.7. The van der Waals surface area contributed by atoms with E-state index in [-0.39, 0.29) is 0 Å². The molecule has 3 aromatic heterocycles. The van der Waals surface area contributed by atoms with Crippen molar-refractivity contribution in [3.63, 3.8) is 0 Å². The average Bonchev–Trinajstić information content (AvgIpc) is 3.27. The van der Waals surface area contributed by atoms with Crippen molar-refractivity contribution in [3.8, 4) is 0 Å². The fourth-order valence-electron chi connectivity index (χ4n) is 4.64. The molecule has 0 radical (unpaired) electrons. The number of rotatable bonds is 6. The number of fused-ring (bicyclic) bond motifs is 1. The second kappa shape index (κ2) is 9.77. The highest BCUT2D eigenvalue weighted by Crippen LogP contribution is 2.31. The van der Waals surface area contributed by atoms with Crippen molar-refractivity contribution < 1.29 is 5.11 Å². The van der Waals surface area contributed by atoms with E-state index in [1.165, 1.54) is 5.56 Å². The first-order valence-corrected chi connectivity index (χ1v) is 12.2. The zero-order valence-corrected chi connectivity index (χ0v) is 20.3. The Labute approximate surface area is 200 Å². The molecule has 9 heteroatoms. The monoisotopic (exact) mass is 462 g/mol. The molecule has 2 aliphatic rings. The number of hydrogen-bond donors (Lipinski definition) is 2. The summed E-state index contributed by atoms with van der Waals surface area (Å²) in [4.78, 5) is 25.8. The lowest BCUT2D eigenvalue weighted by molar-refractivity contribution is 0.148. The summed E-state index contributed by atoms with van der Waals surface area (Å²) in [6.07, 6.45) is 4.20. The Morgan fingerprint density at radius 3 is 2.59 bits per heavy atom.